The second-order valence-electron chi connectivity index (χ2n) is 8.41. The van der Waals surface area contributed by atoms with Gasteiger partial charge in [0.25, 0.3) is 5.91 Å². The number of para-hydroxylation sites is 1. The molecule has 0 spiro atoms. The molecule has 2 N–H and O–H groups in total. The third-order valence-corrected chi connectivity index (χ3v) is 6.47. The van der Waals surface area contributed by atoms with Crippen LogP contribution in [0.15, 0.2) is 30.3 Å². The molecule has 2 saturated carbocycles. The van der Waals surface area contributed by atoms with Crippen molar-refractivity contribution in [3.05, 3.63) is 36.0 Å². The Morgan fingerprint density at radius 1 is 1.24 bits per heavy atom. The summed E-state index contributed by atoms with van der Waals surface area (Å²) in [5.74, 6) is -0.391. The molecule has 2 atom stereocenters. The molecule has 0 unspecified atom stereocenters. The molecule has 0 radical (unpaired) electrons. The van der Waals surface area contributed by atoms with E-state index in [9.17, 15) is 14.9 Å². The predicted octanol–water partition coefficient (Wildman–Crippen LogP) is 3.37. The first-order chi connectivity index (χ1) is 14.1. The summed E-state index contributed by atoms with van der Waals surface area (Å²) in [6.07, 6.45) is 5.29. The molecule has 6 heteroatoms. The lowest BCUT2D eigenvalue weighted by Crippen LogP contribution is -2.49. The highest BCUT2D eigenvalue weighted by molar-refractivity contribution is 5.99. The van der Waals surface area contributed by atoms with Gasteiger partial charge in [-0.05, 0) is 44.7 Å². The van der Waals surface area contributed by atoms with Crippen LogP contribution < -0.4 is 10.6 Å². The van der Waals surface area contributed by atoms with E-state index in [1.807, 2.05) is 41.8 Å². The van der Waals surface area contributed by atoms with Gasteiger partial charge in [0.2, 0.25) is 5.91 Å². The van der Waals surface area contributed by atoms with Crippen molar-refractivity contribution in [1.82, 2.24) is 15.2 Å². The van der Waals surface area contributed by atoms with E-state index in [4.69, 9.17) is 0 Å². The first kappa shape index (κ1) is 19.5. The van der Waals surface area contributed by atoms with Gasteiger partial charge in [-0.1, -0.05) is 31.0 Å². The van der Waals surface area contributed by atoms with E-state index in [0.717, 1.165) is 49.4 Å². The fourth-order valence-corrected chi connectivity index (χ4v) is 4.47. The van der Waals surface area contributed by atoms with Gasteiger partial charge < -0.3 is 15.2 Å². The van der Waals surface area contributed by atoms with Crippen LogP contribution in [-0.4, -0.2) is 29.0 Å². The average Bonchev–Trinajstić information content (AvgIpc) is 3.44. The zero-order valence-corrected chi connectivity index (χ0v) is 16.9. The fourth-order valence-electron chi connectivity index (χ4n) is 4.47. The van der Waals surface area contributed by atoms with E-state index < -0.39 is 0 Å². The molecule has 2 fully saturated rings. The maximum Gasteiger partial charge on any atom is 0.268 e. The maximum atomic E-state index is 13.1. The monoisotopic (exact) mass is 392 g/mol. The highest BCUT2D eigenvalue weighted by Crippen LogP contribution is 2.44. The Balaban J connectivity index is 1.47. The fraction of sp³-hybridized carbons (Fsp3) is 0.522. The van der Waals surface area contributed by atoms with Gasteiger partial charge in [0.05, 0.1) is 17.4 Å². The van der Waals surface area contributed by atoms with Crippen LogP contribution in [0.1, 0.15) is 55.9 Å². The zero-order valence-electron chi connectivity index (χ0n) is 16.9. The molecular weight excluding hydrogens is 364 g/mol. The number of hydrogen-bond donors (Lipinski definition) is 2. The smallest absolute Gasteiger partial charge is 0.268 e. The number of fused-ring (bicyclic) bond motifs is 1. The number of carbonyl (C=O) groups excluding carboxylic acids is 2. The molecule has 0 saturated heterocycles. The first-order valence-electron chi connectivity index (χ1n) is 10.6. The number of carbonyl (C=O) groups is 2. The minimum absolute atomic E-state index is 0.0347. The van der Waals surface area contributed by atoms with Crippen LogP contribution >= 0.6 is 0 Å². The summed E-state index contributed by atoms with van der Waals surface area (Å²) in [6.45, 7) is 3.16. The van der Waals surface area contributed by atoms with Crippen molar-refractivity contribution in [2.75, 3.05) is 6.54 Å². The molecule has 2 aromatic rings. The molecule has 6 nitrogen and oxygen atoms in total. The Hall–Kier alpha value is -2.81. The number of amides is 2. The molecule has 2 amide bonds. The molecule has 1 heterocycles. The summed E-state index contributed by atoms with van der Waals surface area (Å²) < 4.78 is 2.02. The topological polar surface area (TPSA) is 86.9 Å². The largest absolute Gasteiger partial charge is 0.354 e. The van der Waals surface area contributed by atoms with Crippen molar-refractivity contribution >= 4 is 22.7 Å². The van der Waals surface area contributed by atoms with Gasteiger partial charge in [0, 0.05) is 30.0 Å². The lowest BCUT2D eigenvalue weighted by atomic mass is 9.83. The summed E-state index contributed by atoms with van der Waals surface area (Å²) in [5, 5.41) is 16.4. The zero-order chi connectivity index (χ0) is 20.4. The molecule has 2 aliphatic carbocycles. The van der Waals surface area contributed by atoms with Crippen molar-refractivity contribution < 1.29 is 9.59 Å². The van der Waals surface area contributed by atoms with E-state index >= 15 is 0 Å². The normalized spacial score (nSPS) is 22.6. The summed E-state index contributed by atoms with van der Waals surface area (Å²) in [6, 6.07) is 12.1. The molecule has 4 rings (SSSR count). The van der Waals surface area contributed by atoms with Crippen LogP contribution in [0.25, 0.3) is 10.9 Å². The summed E-state index contributed by atoms with van der Waals surface area (Å²) in [7, 11) is 0. The van der Waals surface area contributed by atoms with Crippen molar-refractivity contribution in [2.45, 2.75) is 58.0 Å². The molecular formula is C23H28N4O2. The van der Waals surface area contributed by atoms with Gasteiger partial charge in [-0.2, -0.15) is 5.26 Å². The number of nitriles is 1. The second kappa shape index (κ2) is 7.90. The van der Waals surface area contributed by atoms with Gasteiger partial charge in [0.15, 0.2) is 0 Å². The van der Waals surface area contributed by atoms with E-state index in [1.54, 1.807) is 0 Å². The lowest BCUT2D eigenvalue weighted by Gasteiger charge is -2.31. The van der Waals surface area contributed by atoms with Crippen LogP contribution in [0, 0.1) is 22.7 Å². The minimum Gasteiger partial charge on any atom is -0.354 e. The Morgan fingerprint density at radius 2 is 2.00 bits per heavy atom. The van der Waals surface area contributed by atoms with E-state index in [2.05, 4.69) is 16.7 Å². The third kappa shape index (κ3) is 3.87. The number of aryl methyl sites for hydroxylation is 1. The van der Waals surface area contributed by atoms with E-state index in [0.29, 0.717) is 18.8 Å². The molecule has 1 aromatic carbocycles. The van der Waals surface area contributed by atoms with Crippen molar-refractivity contribution in [1.29, 1.82) is 5.26 Å². The average molecular weight is 393 g/mol. The third-order valence-electron chi connectivity index (χ3n) is 6.47. The number of aromatic nitrogens is 1. The van der Waals surface area contributed by atoms with Crippen LogP contribution in [0.3, 0.4) is 0 Å². The summed E-state index contributed by atoms with van der Waals surface area (Å²) in [4.78, 5) is 25.9. The molecule has 0 bridgehead atoms. The Bertz CT molecular complexity index is 967. The molecule has 152 valence electrons. The second-order valence-corrected chi connectivity index (χ2v) is 8.41. The summed E-state index contributed by atoms with van der Waals surface area (Å²) >= 11 is 0. The van der Waals surface area contributed by atoms with Gasteiger partial charge in [0.1, 0.15) is 5.69 Å². The van der Waals surface area contributed by atoms with E-state index in [-0.39, 0.29) is 29.2 Å². The standard InChI is InChI=1S/C23H28N4O2/c1-2-27-19-10-6-3-7-16(19)13-20(27)22(29)26-18-9-5-4-8-17(18)21(28)25-15-23(14-24)11-12-23/h3,6-7,10,13,17-18H,2,4-5,8-9,11-12,15H2,1H3,(H,25,28)(H,26,29)/t17-,18+/m1/s1. The number of benzene rings is 1. The molecule has 1 aromatic heterocycles. The summed E-state index contributed by atoms with van der Waals surface area (Å²) in [5.41, 5.74) is 1.33. The van der Waals surface area contributed by atoms with Gasteiger partial charge >= 0.3 is 0 Å². The number of hydrogen-bond acceptors (Lipinski definition) is 3. The Labute approximate surface area is 171 Å². The van der Waals surface area contributed by atoms with Crippen molar-refractivity contribution in [2.24, 2.45) is 11.3 Å². The van der Waals surface area contributed by atoms with E-state index in [1.165, 1.54) is 0 Å². The SMILES string of the molecule is CCn1c(C(=O)N[C@H]2CCCC[C@H]2C(=O)NCC2(C#N)CC2)cc2ccccc21. The highest BCUT2D eigenvalue weighted by atomic mass is 16.2. The molecule has 0 aliphatic heterocycles. The van der Waals surface area contributed by atoms with Gasteiger partial charge in [-0.15, -0.1) is 0 Å². The Morgan fingerprint density at radius 3 is 2.72 bits per heavy atom. The van der Waals surface area contributed by atoms with Crippen LogP contribution in [-0.2, 0) is 11.3 Å². The van der Waals surface area contributed by atoms with Crippen molar-refractivity contribution in [3.8, 4) is 6.07 Å². The van der Waals surface area contributed by atoms with Gasteiger partial charge in [-0.3, -0.25) is 9.59 Å². The van der Waals surface area contributed by atoms with Crippen LogP contribution in [0.4, 0.5) is 0 Å². The van der Waals surface area contributed by atoms with Crippen LogP contribution in [0.2, 0.25) is 0 Å². The maximum absolute atomic E-state index is 13.1. The predicted molar refractivity (Wildman–Crippen MR) is 111 cm³/mol. The quantitative estimate of drug-likeness (QED) is 0.790. The molecule has 2 aliphatic rings. The Kier molecular flexibility index (Phi) is 5.31. The molecule has 29 heavy (non-hydrogen) atoms. The lowest BCUT2D eigenvalue weighted by molar-refractivity contribution is -0.126. The van der Waals surface area contributed by atoms with Crippen molar-refractivity contribution in [3.63, 3.8) is 0 Å². The highest BCUT2D eigenvalue weighted by Gasteiger charge is 2.44. The van der Waals surface area contributed by atoms with Crippen LogP contribution in [0.5, 0.6) is 0 Å². The first-order valence-corrected chi connectivity index (χ1v) is 10.6. The number of nitrogens with one attached hydrogen (secondary N) is 2. The number of rotatable bonds is 6. The minimum atomic E-state index is -0.356. The number of nitrogens with zero attached hydrogens (tertiary/aromatic N) is 2. The van der Waals surface area contributed by atoms with Gasteiger partial charge in [-0.25, -0.2) is 0 Å².